The zero-order chi connectivity index (χ0) is 23.2. The van der Waals surface area contributed by atoms with Crippen LogP contribution in [0.15, 0.2) is 102 Å². The number of anilines is 1. The van der Waals surface area contributed by atoms with E-state index in [9.17, 15) is 13.0 Å². The molecule has 4 rings (SSSR count). The summed E-state index contributed by atoms with van der Waals surface area (Å²) in [6.45, 7) is 2.13. The minimum absolute atomic E-state index is 0.229. The van der Waals surface area contributed by atoms with Crippen LogP contribution in [-0.2, 0) is 23.2 Å². The predicted molar refractivity (Wildman–Crippen MR) is 129 cm³/mol. The molecular weight excluding hydrogens is 420 g/mol. The molecule has 5 nitrogen and oxygen atoms in total. The molecule has 0 fully saturated rings. The van der Waals surface area contributed by atoms with Crippen LogP contribution in [0.3, 0.4) is 0 Å². The van der Waals surface area contributed by atoms with Gasteiger partial charge in [0.25, 0.3) is 0 Å². The second-order valence-electron chi connectivity index (χ2n) is 8.38. The van der Waals surface area contributed by atoms with Gasteiger partial charge < -0.3 is 14.8 Å². The van der Waals surface area contributed by atoms with Crippen molar-refractivity contribution in [2.45, 2.75) is 18.0 Å². The Bertz CT molecular complexity index is 1230. The molecule has 32 heavy (non-hydrogen) atoms. The Labute approximate surface area is 190 Å². The summed E-state index contributed by atoms with van der Waals surface area (Å²) >= 11 is 0. The summed E-state index contributed by atoms with van der Waals surface area (Å²) in [4.78, 5) is -0.229. The Morgan fingerprint density at radius 3 is 1.59 bits per heavy atom. The summed E-state index contributed by atoms with van der Waals surface area (Å²) in [5.41, 5.74) is 8.92. The summed E-state index contributed by atoms with van der Waals surface area (Å²) < 4.78 is 33.9. The van der Waals surface area contributed by atoms with Crippen molar-refractivity contribution in [1.82, 2.24) is 0 Å². The van der Waals surface area contributed by atoms with E-state index in [1.165, 1.54) is 23.3 Å². The number of hydrogen-bond acceptors (Lipinski definition) is 4. The molecule has 0 heterocycles. The van der Waals surface area contributed by atoms with E-state index in [4.69, 9.17) is 5.73 Å². The maximum atomic E-state index is 11.0. The van der Waals surface area contributed by atoms with E-state index < -0.39 is 10.1 Å². The number of nitrogen functional groups attached to an aromatic ring is 1. The highest BCUT2D eigenvalue weighted by Crippen LogP contribution is 2.27. The third-order valence-corrected chi connectivity index (χ3v) is 5.99. The molecule has 4 aromatic rings. The van der Waals surface area contributed by atoms with Crippen molar-refractivity contribution in [1.29, 1.82) is 0 Å². The zero-order valence-corrected chi connectivity index (χ0v) is 19.1. The van der Waals surface area contributed by atoms with E-state index in [0.29, 0.717) is 16.5 Å². The lowest BCUT2D eigenvalue weighted by molar-refractivity contribution is -0.916. The molecule has 2 N–H and O–H groups in total. The molecule has 0 aliphatic heterocycles. The molecule has 0 atom stereocenters. The Morgan fingerprint density at radius 2 is 1.12 bits per heavy atom. The van der Waals surface area contributed by atoms with Gasteiger partial charge in [0.05, 0.1) is 19.0 Å². The number of rotatable bonds is 5. The highest BCUT2D eigenvalue weighted by atomic mass is 32.2. The average molecular weight is 449 g/mol. The molecule has 6 heteroatoms. The minimum atomic E-state index is -4.45. The monoisotopic (exact) mass is 448 g/mol. The molecule has 0 unspecified atom stereocenters. The molecule has 166 valence electrons. The fraction of sp³-hybridized carbons (Fsp3) is 0.154. The minimum Gasteiger partial charge on any atom is -0.744 e. The van der Waals surface area contributed by atoms with Crippen LogP contribution in [-0.4, -0.2) is 31.5 Å². The lowest BCUT2D eigenvalue weighted by Gasteiger charge is -2.30. The molecule has 0 radical (unpaired) electrons. The number of fused-ring (bicyclic) bond motifs is 1. The van der Waals surface area contributed by atoms with Crippen LogP contribution < -0.4 is 5.73 Å². The normalized spacial score (nSPS) is 11.6. The number of hydrogen-bond donors (Lipinski definition) is 1. The summed E-state index contributed by atoms with van der Waals surface area (Å²) in [7, 11) is 0.104. The average Bonchev–Trinajstić information content (AvgIpc) is 2.74. The smallest absolute Gasteiger partial charge is 0.125 e. The highest BCUT2D eigenvalue weighted by molar-refractivity contribution is 7.86. The van der Waals surface area contributed by atoms with E-state index >= 15 is 0 Å². The van der Waals surface area contributed by atoms with E-state index in [1.54, 1.807) is 24.3 Å². The third-order valence-electron chi connectivity index (χ3n) is 5.09. The molecule has 0 saturated heterocycles. The first-order chi connectivity index (χ1) is 15.2. The number of nitrogens with two attached hydrogens (primary N) is 1. The molecule has 0 aliphatic rings. The quantitative estimate of drug-likeness (QED) is 0.270. The van der Waals surface area contributed by atoms with Crippen LogP contribution in [0.1, 0.15) is 11.1 Å². The highest BCUT2D eigenvalue weighted by Gasteiger charge is 2.16. The van der Waals surface area contributed by atoms with Crippen molar-refractivity contribution < 1.29 is 17.5 Å². The van der Waals surface area contributed by atoms with Crippen molar-refractivity contribution in [3.8, 4) is 0 Å². The molecule has 0 bridgehead atoms. The van der Waals surface area contributed by atoms with Gasteiger partial charge in [0.15, 0.2) is 0 Å². The van der Waals surface area contributed by atoms with Crippen molar-refractivity contribution in [3.05, 3.63) is 108 Å². The Kier molecular flexibility index (Phi) is 7.30. The maximum Gasteiger partial charge on any atom is 0.125 e. The Morgan fingerprint density at radius 1 is 0.688 bits per heavy atom. The van der Waals surface area contributed by atoms with Gasteiger partial charge >= 0.3 is 0 Å². The predicted octanol–water partition coefficient (Wildman–Crippen LogP) is 4.79. The Hall–Kier alpha value is -3.19. The van der Waals surface area contributed by atoms with Gasteiger partial charge in [-0.15, -0.1) is 0 Å². The number of nitrogens with zero attached hydrogens (tertiary/aromatic N) is 1. The second-order valence-corrected chi connectivity index (χ2v) is 9.72. The van der Waals surface area contributed by atoms with Crippen molar-refractivity contribution in [3.63, 3.8) is 0 Å². The summed E-state index contributed by atoms with van der Waals surface area (Å²) in [5.74, 6) is 0. The first-order valence-electron chi connectivity index (χ1n) is 10.3. The van der Waals surface area contributed by atoms with Crippen molar-refractivity contribution >= 4 is 26.6 Å². The molecule has 4 aromatic carbocycles. The number of benzene rings is 4. The van der Waals surface area contributed by atoms with Gasteiger partial charge in [-0.3, -0.25) is 0 Å². The maximum absolute atomic E-state index is 11.0. The van der Waals surface area contributed by atoms with Crippen LogP contribution in [0.25, 0.3) is 10.8 Å². The van der Waals surface area contributed by atoms with Crippen molar-refractivity contribution in [2.24, 2.45) is 0 Å². The second kappa shape index (κ2) is 9.96. The van der Waals surface area contributed by atoms with Crippen LogP contribution in [0.2, 0.25) is 0 Å². The van der Waals surface area contributed by atoms with E-state index in [-0.39, 0.29) is 4.90 Å². The fourth-order valence-electron chi connectivity index (χ4n) is 3.72. The zero-order valence-electron chi connectivity index (χ0n) is 18.3. The van der Waals surface area contributed by atoms with Crippen LogP contribution in [0, 0.1) is 0 Å². The molecule has 0 amide bonds. The first-order valence-corrected chi connectivity index (χ1v) is 11.7. The van der Waals surface area contributed by atoms with Crippen LogP contribution in [0.5, 0.6) is 0 Å². The van der Waals surface area contributed by atoms with Crippen molar-refractivity contribution in [2.75, 3.05) is 19.8 Å². The van der Waals surface area contributed by atoms with E-state index in [0.717, 1.165) is 17.6 Å². The Balaban J connectivity index is 0.000000182. The van der Waals surface area contributed by atoms with Gasteiger partial charge in [0, 0.05) is 27.6 Å². The SMILES string of the molecule is C[N+](C)(Cc1ccccc1)Cc1ccccc1.Nc1ccc(S(=O)(=O)[O-])c2ccccc12. The van der Waals surface area contributed by atoms with Gasteiger partial charge in [-0.1, -0.05) is 84.9 Å². The van der Waals surface area contributed by atoms with E-state index in [1.807, 2.05) is 0 Å². The van der Waals surface area contributed by atoms with Crippen LogP contribution in [0.4, 0.5) is 5.69 Å². The van der Waals surface area contributed by atoms with Gasteiger partial charge in [-0.2, -0.15) is 0 Å². The van der Waals surface area contributed by atoms with Gasteiger partial charge in [0.2, 0.25) is 0 Å². The summed E-state index contributed by atoms with van der Waals surface area (Å²) in [6.07, 6.45) is 0. The molecule has 0 aromatic heterocycles. The standard InChI is InChI=1S/C16H20N.C10H9NO3S/c1-17(2,13-15-9-5-3-6-10-15)14-16-11-7-4-8-12-16;11-9-5-6-10(15(12,13)14)8-4-2-1-3-7(8)9/h3-12H,13-14H2,1-2H3;1-6H,11H2,(H,12,13,14)/q+1;/p-1. The molecule has 0 spiro atoms. The summed E-state index contributed by atoms with van der Waals surface area (Å²) in [5, 5.41) is 0.946. The lowest BCUT2D eigenvalue weighted by atomic mass is 10.1. The number of quaternary nitrogens is 1. The third kappa shape index (κ3) is 6.40. The summed E-state index contributed by atoms with van der Waals surface area (Å²) in [6, 6.07) is 30.7. The van der Waals surface area contributed by atoms with E-state index in [2.05, 4.69) is 74.8 Å². The first kappa shape index (κ1) is 23.5. The fourth-order valence-corrected chi connectivity index (χ4v) is 4.41. The van der Waals surface area contributed by atoms with Crippen LogP contribution >= 0.6 is 0 Å². The molecular formula is C26H28N2O3S. The van der Waals surface area contributed by atoms with Gasteiger partial charge in [-0.05, 0) is 12.1 Å². The molecule has 0 saturated carbocycles. The largest absolute Gasteiger partial charge is 0.744 e. The van der Waals surface area contributed by atoms with Gasteiger partial charge in [0.1, 0.15) is 23.2 Å². The lowest BCUT2D eigenvalue weighted by Crippen LogP contribution is -2.37. The van der Waals surface area contributed by atoms with Gasteiger partial charge in [-0.25, -0.2) is 8.42 Å². The molecule has 0 aliphatic carbocycles. The topological polar surface area (TPSA) is 83.2 Å².